The fraction of sp³-hybridized carbons (Fsp3) is 0.409. The molecule has 5 heteroatoms. The number of halogens is 1. The van der Waals surface area contributed by atoms with Crippen molar-refractivity contribution in [2.24, 2.45) is 0 Å². The summed E-state index contributed by atoms with van der Waals surface area (Å²) in [5.41, 5.74) is 2.27. The molecule has 144 valence electrons. The van der Waals surface area contributed by atoms with E-state index < -0.39 is 0 Å². The molecular formula is C22H28FN3O. The highest BCUT2D eigenvalue weighted by molar-refractivity contribution is 5.78. The third kappa shape index (κ3) is 5.54. The molecule has 1 amide bonds. The third-order valence-electron chi connectivity index (χ3n) is 5.15. The summed E-state index contributed by atoms with van der Waals surface area (Å²) in [5.74, 6) is -0.159. The maximum absolute atomic E-state index is 13.1. The third-order valence-corrected chi connectivity index (χ3v) is 5.15. The van der Waals surface area contributed by atoms with Gasteiger partial charge in [-0.2, -0.15) is 0 Å². The summed E-state index contributed by atoms with van der Waals surface area (Å²) in [6.07, 6.45) is 2.98. The van der Waals surface area contributed by atoms with Crippen molar-refractivity contribution in [1.82, 2.24) is 10.2 Å². The van der Waals surface area contributed by atoms with Crippen LogP contribution < -0.4 is 10.2 Å². The van der Waals surface area contributed by atoms with Gasteiger partial charge in [-0.3, -0.25) is 9.69 Å². The first kappa shape index (κ1) is 19.4. The summed E-state index contributed by atoms with van der Waals surface area (Å²) >= 11 is 0. The Morgan fingerprint density at radius 2 is 1.93 bits per heavy atom. The van der Waals surface area contributed by atoms with E-state index in [9.17, 15) is 9.18 Å². The molecule has 1 aliphatic rings. The number of amides is 1. The number of hydrogen-bond acceptors (Lipinski definition) is 3. The summed E-state index contributed by atoms with van der Waals surface area (Å²) < 4.78 is 13.1. The van der Waals surface area contributed by atoms with E-state index in [2.05, 4.69) is 34.3 Å². The van der Waals surface area contributed by atoms with E-state index in [1.54, 1.807) is 0 Å². The molecule has 1 heterocycles. The number of nitrogens with one attached hydrogen (secondary N) is 1. The smallest absolute Gasteiger partial charge is 0.234 e. The van der Waals surface area contributed by atoms with Crippen LogP contribution in [-0.2, 0) is 4.79 Å². The Morgan fingerprint density at radius 3 is 2.67 bits per heavy atom. The molecule has 1 fully saturated rings. The van der Waals surface area contributed by atoms with Crippen LogP contribution in [0.5, 0.6) is 0 Å². The van der Waals surface area contributed by atoms with Crippen molar-refractivity contribution >= 4 is 11.6 Å². The molecule has 27 heavy (non-hydrogen) atoms. The highest BCUT2D eigenvalue weighted by Gasteiger charge is 2.27. The van der Waals surface area contributed by atoms with Crippen molar-refractivity contribution in [3.8, 4) is 0 Å². The van der Waals surface area contributed by atoms with Crippen LogP contribution in [0.3, 0.4) is 0 Å². The van der Waals surface area contributed by atoms with Crippen molar-refractivity contribution < 1.29 is 9.18 Å². The van der Waals surface area contributed by atoms with E-state index >= 15 is 0 Å². The number of likely N-dealkylation sites (tertiary alicyclic amines) is 1. The van der Waals surface area contributed by atoms with Crippen molar-refractivity contribution in [2.45, 2.75) is 25.3 Å². The number of para-hydroxylation sites is 1. The molecule has 1 atom stereocenters. The van der Waals surface area contributed by atoms with Crippen LogP contribution in [0.2, 0.25) is 0 Å². The van der Waals surface area contributed by atoms with Gasteiger partial charge in [-0.15, -0.1) is 0 Å². The molecule has 0 aromatic heterocycles. The van der Waals surface area contributed by atoms with Crippen molar-refractivity contribution in [3.63, 3.8) is 0 Å². The number of anilines is 1. The Morgan fingerprint density at radius 1 is 1.19 bits per heavy atom. The maximum Gasteiger partial charge on any atom is 0.234 e. The molecule has 0 saturated carbocycles. The number of carbonyl (C=O) groups is 1. The quantitative estimate of drug-likeness (QED) is 0.722. The normalized spacial score (nSPS) is 17.0. The predicted molar refractivity (Wildman–Crippen MR) is 107 cm³/mol. The van der Waals surface area contributed by atoms with Gasteiger partial charge in [0.2, 0.25) is 5.91 Å². The average molecular weight is 369 g/mol. The molecule has 3 rings (SSSR count). The maximum atomic E-state index is 13.1. The number of benzene rings is 2. The summed E-state index contributed by atoms with van der Waals surface area (Å²) in [4.78, 5) is 16.7. The van der Waals surface area contributed by atoms with E-state index in [0.717, 1.165) is 37.9 Å². The van der Waals surface area contributed by atoms with E-state index in [1.165, 1.54) is 17.8 Å². The second kappa shape index (κ2) is 9.51. The lowest BCUT2D eigenvalue weighted by Crippen LogP contribution is -2.38. The standard InChI is InChI=1S/C22H28FN3O/c1-25(20-7-3-2-4-8-20)15-6-14-24-22(27)17-26-16-5-9-21(26)18-10-12-19(23)13-11-18/h2-4,7-8,10-13,21H,5-6,9,14-17H2,1H3,(H,24,27). The molecule has 1 aliphatic heterocycles. The SMILES string of the molecule is CN(CCCNC(=O)CN1CCCC1c1ccc(F)cc1)c1ccccc1. The largest absolute Gasteiger partial charge is 0.375 e. The van der Waals surface area contributed by atoms with Crippen molar-refractivity contribution in [2.75, 3.05) is 38.1 Å². The first-order valence-electron chi connectivity index (χ1n) is 9.66. The van der Waals surface area contributed by atoms with Crippen LogP contribution in [0.15, 0.2) is 54.6 Å². The van der Waals surface area contributed by atoms with Crippen LogP contribution in [-0.4, -0.2) is 44.0 Å². The Bertz CT molecular complexity index is 720. The zero-order valence-corrected chi connectivity index (χ0v) is 15.9. The Labute approximate surface area is 161 Å². The lowest BCUT2D eigenvalue weighted by molar-refractivity contribution is -0.122. The number of hydrogen-bond donors (Lipinski definition) is 1. The number of rotatable bonds is 8. The molecular weight excluding hydrogens is 341 g/mol. The van der Waals surface area contributed by atoms with Crippen molar-refractivity contribution in [3.05, 3.63) is 66.0 Å². The zero-order valence-electron chi connectivity index (χ0n) is 15.9. The summed E-state index contributed by atoms with van der Waals surface area (Å²) in [7, 11) is 2.06. The highest BCUT2D eigenvalue weighted by Crippen LogP contribution is 2.31. The fourth-order valence-electron chi connectivity index (χ4n) is 3.67. The van der Waals surface area contributed by atoms with Crippen LogP contribution in [0, 0.1) is 5.82 Å². The zero-order chi connectivity index (χ0) is 19.1. The summed E-state index contributed by atoms with van der Waals surface area (Å²) in [5, 5.41) is 3.03. The number of nitrogens with zero attached hydrogens (tertiary/aromatic N) is 2. The first-order valence-corrected chi connectivity index (χ1v) is 9.66. The van der Waals surface area contributed by atoms with Gasteiger partial charge >= 0.3 is 0 Å². The average Bonchev–Trinajstić information content (AvgIpc) is 3.14. The van der Waals surface area contributed by atoms with Gasteiger partial charge < -0.3 is 10.2 Å². The Kier molecular flexibility index (Phi) is 6.82. The van der Waals surface area contributed by atoms with E-state index in [-0.39, 0.29) is 17.8 Å². The minimum atomic E-state index is -0.221. The van der Waals surface area contributed by atoms with Gasteiger partial charge in [-0.1, -0.05) is 30.3 Å². The van der Waals surface area contributed by atoms with Crippen LogP contribution >= 0.6 is 0 Å². The molecule has 1 saturated heterocycles. The van der Waals surface area contributed by atoms with Crippen molar-refractivity contribution in [1.29, 1.82) is 0 Å². The minimum Gasteiger partial charge on any atom is -0.375 e. The van der Waals surface area contributed by atoms with Gasteiger partial charge in [0, 0.05) is 31.9 Å². The van der Waals surface area contributed by atoms with Crippen LogP contribution in [0.25, 0.3) is 0 Å². The molecule has 0 bridgehead atoms. The number of carbonyl (C=O) groups excluding carboxylic acids is 1. The molecule has 0 aliphatic carbocycles. The molecule has 4 nitrogen and oxygen atoms in total. The van der Waals surface area contributed by atoms with Gasteiger partial charge in [-0.25, -0.2) is 4.39 Å². The van der Waals surface area contributed by atoms with E-state index in [1.807, 2.05) is 30.3 Å². The topological polar surface area (TPSA) is 35.6 Å². The van der Waals surface area contributed by atoms with E-state index in [4.69, 9.17) is 0 Å². The lowest BCUT2D eigenvalue weighted by atomic mass is 10.0. The molecule has 0 spiro atoms. The van der Waals surface area contributed by atoms with Gasteiger partial charge in [0.05, 0.1) is 6.54 Å². The second-order valence-corrected chi connectivity index (χ2v) is 7.14. The van der Waals surface area contributed by atoms with Gasteiger partial charge in [0.1, 0.15) is 5.82 Å². The summed E-state index contributed by atoms with van der Waals surface area (Å²) in [6, 6.07) is 17.1. The lowest BCUT2D eigenvalue weighted by Gasteiger charge is -2.24. The Balaban J connectivity index is 1.40. The van der Waals surface area contributed by atoms with Gasteiger partial charge in [0.15, 0.2) is 0 Å². The second-order valence-electron chi connectivity index (χ2n) is 7.14. The molecule has 0 radical (unpaired) electrons. The van der Waals surface area contributed by atoms with Gasteiger partial charge in [-0.05, 0) is 55.6 Å². The monoisotopic (exact) mass is 369 g/mol. The summed E-state index contributed by atoms with van der Waals surface area (Å²) in [6.45, 7) is 2.88. The van der Waals surface area contributed by atoms with Gasteiger partial charge in [0.25, 0.3) is 0 Å². The van der Waals surface area contributed by atoms with Crippen LogP contribution in [0.4, 0.5) is 10.1 Å². The molecule has 2 aromatic rings. The van der Waals surface area contributed by atoms with E-state index in [0.29, 0.717) is 13.1 Å². The Hall–Kier alpha value is -2.40. The molecule has 1 N–H and O–H groups in total. The predicted octanol–water partition coefficient (Wildman–Crippen LogP) is 3.61. The first-order chi connectivity index (χ1) is 13.1. The fourth-order valence-corrected chi connectivity index (χ4v) is 3.67. The minimum absolute atomic E-state index is 0.0615. The highest BCUT2D eigenvalue weighted by atomic mass is 19.1. The molecule has 2 aromatic carbocycles. The molecule has 1 unspecified atom stereocenters. The van der Waals surface area contributed by atoms with Crippen LogP contribution in [0.1, 0.15) is 30.9 Å².